The van der Waals surface area contributed by atoms with Crippen molar-refractivity contribution in [3.63, 3.8) is 0 Å². The Bertz CT molecular complexity index is 858. The van der Waals surface area contributed by atoms with Crippen molar-refractivity contribution in [3.8, 4) is 17.2 Å². The van der Waals surface area contributed by atoms with Gasteiger partial charge in [-0.25, -0.2) is 0 Å². The van der Waals surface area contributed by atoms with Gasteiger partial charge in [0.25, 0.3) is 0 Å². The molecule has 0 aromatic heterocycles. The highest BCUT2D eigenvalue weighted by Crippen LogP contribution is 2.51. The summed E-state index contributed by atoms with van der Waals surface area (Å²) in [6.07, 6.45) is 7.33. The fraction of sp³-hybridized carbons (Fsp3) is 0.273. The number of nitrogens with one attached hydrogen (secondary N) is 1. The van der Waals surface area contributed by atoms with E-state index in [-0.39, 0.29) is 11.8 Å². The molecule has 0 bridgehead atoms. The maximum absolute atomic E-state index is 9.90. The molecule has 0 radical (unpaired) electrons. The third-order valence-corrected chi connectivity index (χ3v) is 5.26. The number of hydrogen-bond acceptors (Lipinski definition) is 4. The molecule has 2 aromatic carbocycles. The Hall–Kier alpha value is -2.88. The number of aromatic hydroxyl groups is 1. The van der Waals surface area contributed by atoms with Crippen LogP contribution in [-0.2, 0) is 0 Å². The smallest absolute Gasteiger partial charge is 0.160 e. The molecule has 1 aliphatic heterocycles. The minimum Gasteiger partial charge on any atom is -0.504 e. The van der Waals surface area contributed by atoms with E-state index in [0.29, 0.717) is 24.2 Å². The molecule has 0 saturated heterocycles. The summed E-state index contributed by atoms with van der Waals surface area (Å²) in [6, 6.07) is 12.0. The van der Waals surface area contributed by atoms with Crippen LogP contribution in [0.4, 0.5) is 5.69 Å². The lowest BCUT2D eigenvalue weighted by Crippen LogP contribution is -2.29. The largest absolute Gasteiger partial charge is 0.504 e. The molecule has 26 heavy (non-hydrogen) atoms. The number of phenols is 1. The first-order chi connectivity index (χ1) is 12.7. The van der Waals surface area contributed by atoms with E-state index in [0.717, 1.165) is 23.4 Å². The Balaban J connectivity index is 1.70. The molecule has 0 amide bonds. The van der Waals surface area contributed by atoms with E-state index in [2.05, 4.69) is 36.2 Å². The standard InChI is InChI=1S/C22H23NO3/c1-3-11-26-15-8-9-19-18(13-15)16-5-4-6-17(16)22(23-19)14-7-10-20(24)21(12-14)25-2/h3-5,7-10,12-13,16-17,22-24H,1,6,11H2,2H3. The van der Waals surface area contributed by atoms with Gasteiger partial charge in [0.15, 0.2) is 11.5 Å². The summed E-state index contributed by atoms with van der Waals surface area (Å²) in [7, 11) is 1.58. The summed E-state index contributed by atoms with van der Waals surface area (Å²) in [5, 5.41) is 13.6. The molecule has 3 atom stereocenters. The van der Waals surface area contributed by atoms with Crippen LogP contribution >= 0.6 is 0 Å². The van der Waals surface area contributed by atoms with Crippen molar-refractivity contribution in [1.82, 2.24) is 0 Å². The zero-order valence-corrected chi connectivity index (χ0v) is 14.8. The van der Waals surface area contributed by atoms with Gasteiger partial charge in [0.2, 0.25) is 0 Å². The predicted molar refractivity (Wildman–Crippen MR) is 103 cm³/mol. The maximum atomic E-state index is 9.90. The van der Waals surface area contributed by atoms with Gasteiger partial charge in [-0.3, -0.25) is 0 Å². The number of fused-ring (bicyclic) bond motifs is 3. The van der Waals surface area contributed by atoms with Crippen molar-refractivity contribution < 1.29 is 14.6 Å². The zero-order valence-electron chi connectivity index (χ0n) is 14.8. The van der Waals surface area contributed by atoms with Crippen LogP contribution in [0.2, 0.25) is 0 Å². The van der Waals surface area contributed by atoms with Crippen LogP contribution in [0.25, 0.3) is 0 Å². The average Bonchev–Trinajstić information content (AvgIpc) is 3.16. The van der Waals surface area contributed by atoms with Crippen molar-refractivity contribution in [3.05, 3.63) is 72.3 Å². The molecule has 0 fully saturated rings. The SMILES string of the molecule is C=CCOc1ccc2c(c1)C1C=CCC1C(c1ccc(O)c(OC)c1)N2. The van der Waals surface area contributed by atoms with Gasteiger partial charge in [0, 0.05) is 11.6 Å². The molecule has 2 N–H and O–H groups in total. The lowest BCUT2D eigenvalue weighted by Gasteiger charge is -2.37. The third-order valence-electron chi connectivity index (χ3n) is 5.26. The maximum Gasteiger partial charge on any atom is 0.160 e. The van der Waals surface area contributed by atoms with Crippen molar-refractivity contribution in [2.24, 2.45) is 5.92 Å². The molecule has 134 valence electrons. The molecule has 4 nitrogen and oxygen atoms in total. The second-order valence-corrected chi connectivity index (χ2v) is 6.76. The molecule has 1 aliphatic carbocycles. The number of benzene rings is 2. The highest BCUT2D eigenvalue weighted by Gasteiger charge is 2.38. The zero-order chi connectivity index (χ0) is 18.1. The topological polar surface area (TPSA) is 50.7 Å². The average molecular weight is 349 g/mol. The van der Waals surface area contributed by atoms with Crippen molar-refractivity contribution in [1.29, 1.82) is 0 Å². The van der Waals surface area contributed by atoms with Gasteiger partial charge < -0.3 is 19.9 Å². The number of rotatable bonds is 5. The Morgan fingerprint density at radius 1 is 1.27 bits per heavy atom. The Morgan fingerprint density at radius 2 is 2.15 bits per heavy atom. The van der Waals surface area contributed by atoms with E-state index in [1.807, 2.05) is 18.2 Å². The van der Waals surface area contributed by atoms with Crippen LogP contribution < -0.4 is 14.8 Å². The first-order valence-electron chi connectivity index (χ1n) is 8.89. The lowest BCUT2D eigenvalue weighted by molar-refractivity contribution is 0.360. The first kappa shape index (κ1) is 16.6. The Labute approximate surface area is 153 Å². The summed E-state index contributed by atoms with van der Waals surface area (Å²) < 4.78 is 11.0. The summed E-state index contributed by atoms with van der Waals surface area (Å²) in [6.45, 7) is 4.21. The van der Waals surface area contributed by atoms with Crippen molar-refractivity contribution >= 4 is 5.69 Å². The summed E-state index contributed by atoms with van der Waals surface area (Å²) in [5.41, 5.74) is 3.52. The summed E-state index contributed by atoms with van der Waals surface area (Å²) >= 11 is 0. The molecule has 3 unspecified atom stereocenters. The monoisotopic (exact) mass is 349 g/mol. The van der Waals surface area contributed by atoms with Gasteiger partial charge in [0.1, 0.15) is 12.4 Å². The van der Waals surface area contributed by atoms with Crippen LogP contribution in [0.5, 0.6) is 17.2 Å². The summed E-state index contributed by atoms with van der Waals surface area (Å²) in [5.74, 6) is 2.31. The van der Waals surface area contributed by atoms with E-state index in [1.54, 1.807) is 19.3 Å². The van der Waals surface area contributed by atoms with Crippen molar-refractivity contribution in [2.45, 2.75) is 18.4 Å². The van der Waals surface area contributed by atoms with Gasteiger partial charge in [-0.05, 0) is 53.8 Å². The molecule has 4 heteroatoms. The molecular weight excluding hydrogens is 326 g/mol. The van der Waals surface area contributed by atoms with E-state index in [1.165, 1.54) is 5.56 Å². The second-order valence-electron chi connectivity index (χ2n) is 6.76. The van der Waals surface area contributed by atoms with Gasteiger partial charge >= 0.3 is 0 Å². The molecule has 2 aliphatic rings. The minimum absolute atomic E-state index is 0.164. The van der Waals surface area contributed by atoms with Crippen LogP contribution in [0, 0.1) is 5.92 Å². The number of methoxy groups -OCH3 is 1. The quantitative estimate of drug-likeness (QED) is 0.762. The fourth-order valence-electron chi connectivity index (χ4n) is 4.04. The normalized spacial score (nSPS) is 22.9. The number of hydrogen-bond donors (Lipinski definition) is 2. The van der Waals surface area contributed by atoms with Gasteiger partial charge in [-0.15, -0.1) is 0 Å². The molecule has 0 saturated carbocycles. The number of allylic oxidation sites excluding steroid dienone is 2. The van der Waals surface area contributed by atoms with Crippen LogP contribution in [0.1, 0.15) is 29.5 Å². The van der Waals surface area contributed by atoms with E-state index in [9.17, 15) is 5.11 Å². The van der Waals surface area contributed by atoms with Gasteiger partial charge in [0.05, 0.1) is 13.2 Å². The summed E-state index contributed by atoms with van der Waals surface area (Å²) in [4.78, 5) is 0. The van der Waals surface area contributed by atoms with E-state index < -0.39 is 0 Å². The highest BCUT2D eigenvalue weighted by atomic mass is 16.5. The van der Waals surface area contributed by atoms with Gasteiger partial charge in [-0.1, -0.05) is 30.9 Å². The van der Waals surface area contributed by atoms with Gasteiger partial charge in [-0.2, -0.15) is 0 Å². The lowest BCUT2D eigenvalue weighted by atomic mass is 9.77. The Morgan fingerprint density at radius 3 is 2.96 bits per heavy atom. The molecule has 4 rings (SSSR count). The van der Waals surface area contributed by atoms with E-state index in [4.69, 9.17) is 9.47 Å². The van der Waals surface area contributed by atoms with Crippen LogP contribution in [0.15, 0.2) is 61.2 Å². The predicted octanol–water partition coefficient (Wildman–Crippen LogP) is 4.79. The fourth-order valence-corrected chi connectivity index (χ4v) is 4.04. The van der Waals surface area contributed by atoms with Crippen molar-refractivity contribution in [2.75, 3.05) is 19.0 Å². The molecule has 1 heterocycles. The third kappa shape index (κ3) is 2.81. The first-order valence-corrected chi connectivity index (χ1v) is 8.89. The number of phenolic OH excluding ortho intramolecular Hbond substituents is 1. The van der Waals surface area contributed by atoms with Crippen LogP contribution in [0.3, 0.4) is 0 Å². The number of anilines is 1. The highest BCUT2D eigenvalue weighted by molar-refractivity contribution is 5.62. The molecule has 0 spiro atoms. The van der Waals surface area contributed by atoms with E-state index >= 15 is 0 Å². The minimum atomic E-state index is 0.164. The molecule has 2 aromatic rings. The Kier molecular flexibility index (Phi) is 4.33. The second kappa shape index (κ2) is 6.79. The molecular formula is C22H23NO3. The number of ether oxygens (including phenoxy) is 2. The van der Waals surface area contributed by atoms with Crippen LogP contribution in [-0.4, -0.2) is 18.8 Å².